The van der Waals surface area contributed by atoms with E-state index in [0.717, 1.165) is 24.1 Å². The van der Waals surface area contributed by atoms with Gasteiger partial charge in [0.15, 0.2) is 0 Å². The molecule has 1 saturated carbocycles. The van der Waals surface area contributed by atoms with Gasteiger partial charge in [-0.1, -0.05) is 43.0 Å². The maximum absolute atomic E-state index is 11.6. The first-order valence-electron chi connectivity index (χ1n) is 6.75. The van der Waals surface area contributed by atoms with Crippen molar-refractivity contribution in [1.82, 2.24) is 0 Å². The SMILES string of the molecule is C=C/C(=C\C(=NCc1ccccc1)C1CC1)C(=O)OC. The lowest BCUT2D eigenvalue weighted by atomic mass is 10.1. The number of carbonyl (C=O) groups excluding carboxylic acids is 1. The molecule has 0 unspecified atom stereocenters. The van der Waals surface area contributed by atoms with Crippen molar-refractivity contribution in [2.24, 2.45) is 10.9 Å². The summed E-state index contributed by atoms with van der Waals surface area (Å²) in [5.74, 6) is 0.103. The number of methoxy groups -OCH3 is 1. The lowest BCUT2D eigenvalue weighted by Gasteiger charge is -2.03. The van der Waals surface area contributed by atoms with Gasteiger partial charge in [-0.05, 0) is 24.5 Å². The monoisotopic (exact) mass is 269 g/mol. The average Bonchev–Trinajstić information content (AvgIpc) is 3.32. The van der Waals surface area contributed by atoms with Crippen LogP contribution in [0.4, 0.5) is 0 Å². The van der Waals surface area contributed by atoms with Crippen LogP contribution in [0.2, 0.25) is 0 Å². The molecule has 104 valence electrons. The van der Waals surface area contributed by atoms with Gasteiger partial charge in [0.2, 0.25) is 0 Å². The molecule has 0 N–H and O–H groups in total. The van der Waals surface area contributed by atoms with Gasteiger partial charge in [0.1, 0.15) is 0 Å². The van der Waals surface area contributed by atoms with Crippen LogP contribution in [-0.4, -0.2) is 18.8 Å². The van der Waals surface area contributed by atoms with Crippen molar-refractivity contribution in [1.29, 1.82) is 0 Å². The van der Waals surface area contributed by atoms with E-state index in [1.54, 1.807) is 6.08 Å². The molecule has 0 aliphatic heterocycles. The minimum atomic E-state index is -0.368. The fourth-order valence-corrected chi connectivity index (χ4v) is 1.92. The summed E-state index contributed by atoms with van der Waals surface area (Å²) in [4.78, 5) is 16.2. The molecule has 0 spiro atoms. The van der Waals surface area contributed by atoms with Crippen LogP contribution in [0.5, 0.6) is 0 Å². The molecule has 0 saturated heterocycles. The molecule has 0 heterocycles. The summed E-state index contributed by atoms with van der Waals surface area (Å²) in [6.07, 6.45) is 5.59. The summed E-state index contributed by atoms with van der Waals surface area (Å²) < 4.78 is 4.73. The zero-order chi connectivity index (χ0) is 14.4. The molecule has 1 aromatic carbocycles. The van der Waals surface area contributed by atoms with Crippen molar-refractivity contribution >= 4 is 11.7 Å². The van der Waals surface area contributed by atoms with Crippen LogP contribution in [0.3, 0.4) is 0 Å². The number of rotatable bonds is 6. The molecule has 2 rings (SSSR count). The second-order valence-electron chi connectivity index (χ2n) is 4.80. The van der Waals surface area contributed by atoms with Gasteiger partial charge in [0, 0.05) is 11.6 Å². The second kappa shape index (κ2) is 6.85. The largest absolute Gasteiger partial charge is 0.465 e. The molecule has 20 heavy (non-hydrogen) atoms. The van der Waals surface area contributed by atoms with Gasteiger partial charge in [-0.25, -0.2) is 4.79 Å². The molecule has 0 amide bonds. The topological polar surface area (TPSA) is 38.7 Å². The maximum atomic E-state index is 11.6. The van der Waals surface area contributed by atoms with Crippen LogP contribution in [0, 0.1) is 5.92 Å². The summed E-state index contributed by atoms with van der Waals surface area (Å²) >= 11 is 0. The molecule has 1 aromatic rings. The van der Waals surface area contributed by atoms with E-state index in [1.165, 1.54) is 13.2 Å². The number of aliphatic imine (C=N–C) groups is 1. The minimum absolute atomic E-state index is 0.368. The van der Waals surface area contributed by atoms with Gasteiger partial charge < -0.3 is 4.74 Å². The Kier molecular flexibility index (Phi) is 4.88. The third-order valence-corrected chi connectivity index (χ3v) is 3.23. The molecule has 3 nitrogen and oxygen atoms in total. The zero-order valence-corrected chi connectivity index (χ0v) is 11.7. The number of carbonyl (C=O) groups is 1. The van der Waals surface area contributed by atoms with Gasteiger partial charge in [-0.3, -0.25) is 4.99 Å². The first kappa shape index (κ1) is 14.3. The van der Waals surface area contributed by atoms with E-state index in [9.17, 15) is 4.79 Å². The molecule has 0 bridgehead atoms. The van der Waals surface area contributed by atoms with Gasteiger partial charge in [0.25, 0.3) is 0 Å². The van der Waals surface area contributed by atoms with Crippen molar-refractivity contribution in [3.8, 4) is 0 Å². The first-order chi connectivity index (χ1) is 9.74. The molecular weight excluding hydrogens is 250 g/mol. The fraction of sp³-hybridized carbons (Fsp3) is 0.294. The molecule has 0 atom stereocenters. The standard InChI is InChI=1S/C17H19NO2/c1-3-14(17(19)20-2)11-16(15-9-10-15)18-12-13-7-5-4-6-8-13/h3-8,11,15H,1,9-10,12H2,2H3/b14-11+,18-16?. The summed E-state index contributed by atoms with van der Waals surface area (Å²) in [7, 11) is 1.37. The number of hydrogen-bond donors (Lipinski definition) is 0. The Morgan fingerprint density at radius 2 is 2.10 bits per heavy atom. The predicted molar refractivity (Wildman–Crippen MR) is 80.6 cm³/mol. The minimum Gasteiger partial charge on any atom is -0.465 e. The lowest BCUT2D eigenvalue weighted by molar-refractivity contribution is -0.135. The number of benzene rings is 1. The van der Waals surface area contributed by atoms with Crippen LogP contribution in [-0.2, 0) is 16.1 Å². The highest BCUT2D eigenvalue weighted by Crippen LogP contribution is 2.32. The van der Waals surface area contributed by atoms with E-state index < -0.39 is 0 Å². The van der Waals surface area contributed by atoms with Gasteiger partial charge >= 0.3 is 5.97 Å². The number of ether oxygens (including phenoxy) is 1. The number of esters is 1. The van der Waals surface area contributed by atoms with Crippen LogP contribution >= 0.6 is 0 Å². The molecule has 3 heteroatoms. The first-order valence-corrected chi connectivity index (χ1v) is 6.75. The molecular formula is C17H19NO2. The number of nitrogens with zero attached hydrogens (tertiary/aromatic N) is 1. The summed E-state index contributed by atoms with van der Waals surface area (Å²) in [6, 6.07) is 10.1. The smallest absolute Gasteiger partial charge is 0.337 e. The van der Waals surface area contributed by atoms with Gasteiger partial charge in [0.05, 0.1) is 19.2 Å². The summed E-state index contributed by atoms with van der Waals surface area (Å²) in [6.45, 7) is 4.29. The van der Waals surface area contributed by atoms with E-state index in [4.69, 9.17) is 4.74 Å². The van der Waals surface area contributed by atoms with E-state index in [1.807, 2.05) is 30.3 Å². The molecule has 1 aliphatic rings. The third-order valence-electron chi connectivity index (χ3n) is 3.23. The molecule has 1 fully saturated rings. The normalized spacial score (nSPS) is 15.8. The summed E-state index contributed by atoms with van der Waals surface area (Å²) in [5, 5.41) is 0. The Bertz CT molecular complexity index is 539. The Morgan fingerprint density at radius 1 is 1.40 bits per heavy atom. The lowest BCUT2D eigenvalue weighted by Crippen LogP contribution is -2.07. The van der Waals surface area contributed by atoms with Gasteiger partial charge in [-0.2, -0.15) is 0 Å². The maximum Gasteiger partial charge on any atom is 0.337 e. The predicted octanol–water partition coefficient (Wildman–Crippen LogP) is 3.32. The van der Waals surface area contributed by atoms with Crippen molar-refractivity contribution < 1.29 is 9.53 Å². The molecule has 0 aromatic heterocycles. The van der Waals surface area contributed by atoms with Crippen LogP contribution in [0.25, 0.3) is 0 Å². The van der Waals surface area contributed by atoms with Crippen LogP contribution in [0.1, 0.15) is 18.4 Å². The second-order valence-corrected chi connectivity index (χ2v) is 4.80. The Morgan fingerprint density at radius 3 is 2.65 bits per heavy atom. The van der Waals surface area contributed by atoms with Crippen molar-refractivity contribution in [2.75, 3.05) is 7.11 Å². The van der Waals surface area contributed by atoms with Crippen LogP contribution in [0.15, 0.2) is 59.6 Å². The number of allylic oxidation sites excluding steroid dienone is 1. The van der Waals surface area contributed by atoms with E-state index >= 15 is 0 Å². The van der Waals surface area contributed by atoms with Crippen molar-refractivity contribution in [3.63, 3.8) is 0 Å². The molecule has 0 radical (unpaired) electrons. The summed E-state index contributed by atoms with van der Waals surface area (Å²) in [5.41, 5.74) is 2.60. The molecule has 1 aliphatic carbocycles. The Balaban J connectivity index is 2.16. The fourth-order valence-electron chi connectivity index (χ4n) is 1.92. The van der Waals surface area contributed by atoms with Gasteiger partial charge in [-0.15, -0.1) is 0 Å². The van der Waals surface area contributed by atoms with Crippen molar-refractivity contribution in [3.05, 3.63) is 60.2 Å². The Hall–Kier alpha value is -2.16. The van der Waals surface area contributed by atoms with E-state index in [0.29, 0.717) is 18.0 Å². The quantitative estimate of drug-likeness (QED) is 0.344. The Labute approximate surface area is 119 Å². The van der Waals surface area contributed by atoms with Crippen molar-refractivity contribution in [2.45, 2.75) is 19.4 Å². The zero-order valence-electron chi connectivity index (χ0n) is 11.7. The van der Waals surface area contributed by atoms with E-state index in [-0.39, 0.29) is 5.97 Å². The highest BCUT2D eigenvalue weighted by atomic mass is 16.5. The third kappa shape index (κ3) is 3.92. The van der Waals surface area contributed by atoms with E-state index in [2.05, 4.69) is 11.6 Å². The average molecular weight is 269 g/mol. The van der Waals surface area contributed by atoms with Crippen LogP contribution < -0.4 is 0 Å². The highest BCUT2D eigenvalue weighted by molar-refractivity contribution is 6.05. The number of hydrogen-bond acceptors (Lipinski definition) is 3. The highest BCUT2D eigenvalue weighted by Gasteiger charge is 2.26.